The first kappa shape index (κ1) is 96.8. The molecular weight excluding hydrogens is 1310 g/mol. The number of esters is 4. The summed E-state index contributed by atoms with van der Waals surface area (Å²) in [5, 5.41) is 10.6. The van der Waals surface area contributed by atoms with Gasteiger partial charge in [-0.2, -0.15) is 0 Å². The molecule has 0 aromatic carbocycles. The first-order chi connectivity index (χ1) is 48.7. The monoisotopic (exact) mass is 1460 g/mol. The molecule has 0 saturated carbocycles. The number of carbonyl (C=O) groups excluding carboxylic acids is 4. The van der Waals surface area contributed by atoms with Crippen LogP contribution >= 0.6 is 15.6 Å². The fourth-order valence-corrected chi connectivity index (χ4v) is 12.9. The van der Waals surface area contributed by atoms with Gasteiger partial charge < -0.3 is 33.8 Å². The summed E-state index contributed by atoms with van der Waals surface area (Å²) in [4.78, 5) is 73.0. The third-order valence-electron chi connectivity index (χ3n) is 17.5. The van der Waals surface area contributed by atoms with E-state index < -0.39 is 97.5 Å². The van der Waals surface area contributed by atoms with E-state index in [1.165, 1.54) is 154 Å². The van der Waals surface area contributed by atoms with Crippen LogP contribution < -0.4 is 0 Å². The van der Waals surface area contributed by atoms with Crippen LogP contribution in [0, 0.1) is 0 Å². The minimum Gasteiger partial charge on any atom is -0.462 e. The summed E-state index contributed by atoms with van der Waals surface area (Å²) >= 11 is 0. The second-order valence-electron chi connectivity index (χ2n) is 27.3. The van der Waals surface area contributed by atoms with Crippen molar-refractivity contribution in [3.63, 3.8) is 0 Å². The largest absolute Gasteiger partial charge is 0.472 e. The molecule has 0 spiro atoms. The van der Waals surface area contributed by atoms with Gasteiger partial charge in [-0.1, -0.05) is 320 Å². The van der Waals surface area contributed by atoms with Crippen LogP contribution in [0.5, 0.6) is 0 Å². The molecule has 0 aromatic rings. The van der Waals surface area contributed by atoms with Crippen molar-refractivity contribution >= 4 is 39.5 Å². The van der Waals surface area contributed by atoms with Gasteiger partial charge in [-0.3, -0.25) is 37.3 Å². The highest BCUT2D eigenvalue weighted by atomic mass is 31.2. The highest BCUT2D eigenvalue weighted by Crippen LogP contribution is 2.45. The van der Waals surface area contributed by atoms with E-state index in [1.807, 2.05) is 0 Å². The smallest absolute Gasteiger partial charge is 0.462 e. The average Bonchev–Trinajstić information content (AvgIpc) is 1.01. The molecule has 0 aliphatic rings. The number of hydrogen-bond acceptors (Lipinski definition) is 15. The number of ether oxygens (including phenoxy) is 4. The van der Waals surface area contributed by atoms with Crippen LogP contribution in [0.25, 0.3) is 0 Å². The van der Waals surface area contributed by atoms with Crippen molar-refractivity contribution in [1.29, 1.82) is 0 Å². The Kier molecular flexibility index (Phi) is 71.6. The molecule has 17 nitrogen and oxygen atoms in total. The van der Waals surface area contributed by atoms with E-state index in [1.54, 1.807) is 0 Å². The Morgan fingerprint density at radius 1 is 0.290 bits per heavy atom. The Bertz CT molecular complexity index is 2130. The number of phosphoric acid groups is 2. The lowest BCUT2D eigenvalue weighted by Crippen LogP contribution is -2.30. The third-order valence-corrected chi connectivity index (χ3v) is 19.4. The molecule has 0 fully saturated rings. The number of rotatable bonds is 77. The standard InChI is InChI=1S/C81H148O17P2/c1-5-9-13-17-21-25-29-33-37-41-45-49-53-57-61-65-78(83)91-71-76(97-80(85)67-63-59-55-51-47-43-39-35-31-27-23-19-15-11-7-3)73-95-99(87,88)93-69-75(82)70-94-100(89,90)96-74-77(98-81(86)68-64-60-56-52-48-44-40-36-32-28-24-20-16-12-8-4)72-92-79(84)66-62-58-54-50-46-42-38-34-30-26-22-18-14-10-6-2/h9,13,21,23,25,27,33,35,37,39,75-77,82H,5-8,10-12,14-20,22,24,26,28-32,34,36,38,40-74H2,1-4H3,(H,87,88)(H,89,90)/b13-9-,25-21-,27-23-,37-33-,39-35-. The van der Waals surface area contributed by atoms with Crippen LogP contribution in [0.3, 0.4) is 0 Å². The van der Waals surface area contributed by atoms with E-state index in [0.717, 1.165) is 141 Å². The molecule has 3 N–H and O–H groups in total. The molecule has 0 aliphatic carbocycles. The van der Waals surface area contributed by atoms with E-state index in [4.69, 9.17) is 37.0 Å². The van der Waals surface area contributed by atoms with Crippen molar-refractivity contribution in [2.24, 2.45) is 0 Å². The molecule has 0 rings (SSSR count). The Morgan fingerprint density at radius 2 is 0.520 bits per heavy atom. The number of carbonyl (C=O) groups is 4. The second kappa shape index (κ2) is 74.0. The summed E-state index contributed by atoms with van der Waals surface area (Å²) in [6, 6.07) is 0. The first-order valence-electron chi connectivity index (χ1n) is 40.5. The molecule has 100 heavy (non-hydrogen) atoms. The molecule has 5 unspecified atom stereocenters. The van der Waals surface area contributed by atoms with Gasteiger partial charge in [0, 0.05) is 25.7 Å². The molecule has 0 aliphatic heterocycles. The van der Waals surface area contributed by atoms with E-state index >= 15 is 0 Å². The topological polar surface area (TPSA) is 237 Å². The summed E-state index contributed by atoms with van der Waals surface area (Å²) in [6.45, 7) is 4.79. The molecule has 0 heterocycles. The number of aliphatic hydroxyl groups excluding tert-OH is 1. The van der Waals surface area contributed by atoms with Gasteiger partial charge in [-0.15, -0.1) is 0 Å². The van der Waals surface area contributed by atoms with Crippen molar-refractivity contribution in [2.75, 3.05) is 39.6 Å². The molecule has 19 heteroatoms. The van der Waals surface area contributed by atoms with Crippen molar-refractivity contribution in [1.82, 2.24) is 0 Å². The molecule has 0 amide bonds. The van der Waals surface area contributed by atoms with Gasteiger partial charge in [0.25, 0.3) is 0 Å². The Morgan fingerprint density at radius 3 is 0.820 bits per heavy atom. The van der Waals surface area contributed by atoms with Gasteiger partial charge >= 0.3 is 39.5 Å². The molecule has 0 aromatic heterocycles. The van der Waals surface area contributed by atoms with Crippen LogP contribution in [0.1, 0.15) is 374 Å². The number of hydrogen-bond donors (Lipinski definition) is 3. The van der Waals surface area contributed by atoms with Crippen LogP contribution in [-0.2, 0) is 65.4 Å². The number of allylic oxidation sites excluding steroid dienone is 10. The maximum Gasteiger partial charge on any atom is 0.472 e. The predicted molar refractivity (Wildman–Crippen MR) is 409 cm³/mol. The highest BCUT2D eigenvalue weighted by Gasteiger charge is 2.30. The quantitative estimate of drug-likeness (QED) is 0.0169. The molecule has 5 atom stereocenters. The van der Waals surface area contributed by atoms with Gasteiger partial charge in [-0.25, -0.2) is 9.13 Å². The Labute approximate surface area is 610 Å². The van der Waals surface area contributed by atoms with Crippen molar-refractivity contribution in [3.8, 4) is 0 Å². The fraction of sp³-hybridized carbons (Fsp3) is 0.827. The second-order valence-corrected chi connectivity index (χ2v) is 30.3. The van der Waals surface area contributed by atoms with Crippen LogP contribution in [0.15, 0.2) is 60.8 Å². The van der Waals surface area contributed by atoms with Gasteiger partial charge in [0.05, 0.1) is 26.4 Å². The highest BCUT2D eigenvalue weighted by molar-refractivity contribution is 7.47. The molecule has 0 bridgehead atoms. The predicted octanol–water partition coefficient (Wildman–Crippen LogP) is 23.5. The Balaban J connectivity index is 5.34. The zero-order valence-electron chi connectivity index (χ0n) is 63.9. The van der Waals surface area contributed by atoms with Crippen molar-refractivity contribution in [3.05, 3.63) is 60.8 Å². The van der Waals surface area contributed by atoms with Gasteiger partial charge in [-0.05, 0) is 89.9 Å². The molecular formula is C81H148O17P2. The maximum absolute atomic E-state index is 13.1. The summed E-state index contributed by atoms with van der Waals surface area (Å²) in [5.74, 6) is -2.17. The summed E-state index contributed by atoms with van der Waals surface area (Å²) < 4.78 is 68.6. The van der Waals surface area contributed by atoms with E-state index in [0.29, 0.717) is 25.7 Å². The SMILES string of the molecule is CC/C=C\C/C=C\C/C=C\CCCCCCCC(=O)OCC(COP(=O)(O)OCC(O)COP(=O)(O)OCC(COC(=O)CCCCCCCCCCCCCCCCC)OC(=O)CCCCCCCCCCCCCCCCC)OC(=O)CCCCCCC/C=C\C/C=C\CCCCC. The lowest BCUT2D eigenvalue weighted by atomic mass is 10.0. The number of aliphatic hydroxyl groups is 1. The van der Waals surface area contributed by atoms with Crippen LogP contribution in [-0.4, -0.2) is 96.7 Å². The lowest BCUT2D eigenvalue weighted by Gasteiger charge is -2.21. The maximum atomic E-state index is 13.1. The van der Waals surface area contributed by atoms with E-state index in [-0.39, 0.29) is 25.7 Å². The normalized spacial score (nSPS) is 14.2. The first-order valence-corrected chi connectivity index (χ1v) is 43.5. The summed E-state index contributed by atoms with van der Waals surface area (Å²) in [6.07, 6.45) is 73.3. The van der Waals surface area contributed by atoms with Crippen LogP contribution in [0.2, 0.25) is 0 Å². The van der Waals surface area contributed by atoms with Crippen molar-refractivity contribution in [2.45, 2.75) is 393 Å². The van der Waals surface area contributed by atoms with Crippen molar-refractivity contribution < 1.29 is 80.2 Å². The minimum atomic E-state index is -4.98. The zero-order valence-corrected chi connectivity index (χ0v) is 65.7. The lowest BCUT2D eigenvalue weighted by molar-refractivity contribution is -0.161. The van der Waals surface area contributed by atoms with E-state index in [2.05, 4.69) is 88.5 Å². The van der Waals surface area contributed by atoms with Gasteiger partial charge in [0.15, 0.2) is 12.2 Å². The fourth-order valence-electron chi connectivity index (χ4n) is 11.3. The number of unbranched alkanes of at least 4 members (excludes halogenated alkanes) is 41. The molecule has 0 saturated heterocycles. The number of phosphoric ester groups is 2. The Hall–Kier alpha value is -3.24. The van der Waals surface area contributed by atoms with Crippen LogP contribution in [0.4, 0.5) is 0 Å². The minimum absolute atomic E-state index is 0.0785. The third kappa shape index (κ3) is 73.1. The van der Waals surface area contributed by atoms with Gasteiger partial charge in [0.2, 0.25) is 0 Å². The average molecular weight is 1460 g/mol. The van der Waals surface area contributed by atoms with Gasteiger partial charge in [0.1, 0.15) is 19.3 Å². The zero-order chi connectivity index (χ0) is 73.2. The summed E-state index contributed by atoms with van der Waals surface area (Å²) in [5.41, 5.74) is 0. The molecule has 584 valence electrons. The summed E-state index contributed by atoms with van der Waals surface area (Å²) in [7, 11) is -9.95. The molecule has 0 radical (unpaired) electrons. The van der Waals surface area contributed by atoms with E-state index in [9.17, 15) is 43.2 Å².